The molecule has 1 rings (SSSR count). The number of methoxy groups -OCH3 is 1. The molecule has 0 saturated heterocycles. The van der Waals surface area contributed by atoms with E-state index in [0.717, 1.165) is 0 Å². The Morgan fingerprint density at radius 3 is 2.63 bits per heavy atom. The van der Waals surface area contributed by atoms with Crippen LogP contribution in [0.15, 0.2) is 18.2 Å². The van der Waals surface area contributed by atoms with Crippen LogP contribution in [0, 0.1) is 0 Å². The Labute approximate surface area is 111 Å². The molecule has 2 N–H and O–H groups in total. The van der Waals surface area contributed by atoms with Crippen LogP contribution >= 0.6 is 0 Å². The van der Waals surface area contributed by atoms with Crippen molar-refractivity contribution in [1.82, 2.24) is 0 Å². The quantitative estimate of drug-likeness (QED) is 0.640. The zero-order valence-corrected chi connectivity index (χ0v) is 11.1. The van der Waals surface area contributed by atoms with E-state index in [9.17, 15) is 9.59 Å². The van der Waals surface area contributed by atoms with E-state index in [1.54, 1.807) is 19.1 Å². The number of esters is 2. The molecule has 6 nitrogen and oxygen atoms in total. The minimum absolute atomic E-state index is 0.165. The summed E-state index contributed by atoms with van der Waals surface area (Å²) in [6, 6.07) is 4.59. The first kappa shape index (κ1) is 14.8. The molecule has 0 aliphatic carbocycles. The topological polar surface area (TPSA) is 87.9 Å². The van der Waals surface area contributed by atoms with Crippen LogP contribution in [-0.4, -0.2) is 31.8 Å². The molecule has 1 aromatic rings. The molecule has 0 spiro atoms. The summed E-state index contributed by atoms with van der Waals surface area (Å²) in [7, 11) is 1.43. The molecule has 6 heteroatoms. The van der Waals surface area contributed by atoms with Gasteiger partial charge in [0.05, 0.1) is 13.7 Å². The van der Waals surface area contributed by atoms with Gasteiger partial charge in [0.15, 0.2) is 6.10 Å². The molecule has 0 amide bonds. The van der Waals surface area contributed by atoms with Crippen molar-refractivity contribution in [3.8, 4) is 5.75 Å². The number of hydrogen-bond donors (Lipinski definition) is 1. The third kappa shape index (κ3) is 3.87. The van der Waals surface area contributed by atoms with Gasteiger partial charge in [-0.15, -0.1) is 0 Å². The maximum atomic E-state index is 11.9. The Hall–Kier alpha value is -2.24. The number of nitrogens with two attached hydrogens (primary N) is 1. The van der Waals surface area contributed by atoms with Crippen LogP contribution in [0.25, 0.3) is 0 Å². The summed E-state index contributed by atoms with van der Waals surface area (Å²) in [5, 5.41) is 0. The second-order valence-corrected chi connectivity index (χ2v) is 3.76. The highest BCUT2D eigenvalue weighted by Gasteiger charge is 2.22. The Balaban J connectivity index is 2.83. The molecule has 0 fully saturated rings. The third-order valence-corrected chi connectivity index (χ3v) is 2.35. The van der Waals surface area contributed by atoms with Gasteiger partial charge in [-0.3, -0.25) is 0 Å². The van der Waals surface area contributed by atoms with E-state index in [1.807, 2.05) is 0 Å². The van der Waals surface area contributed by atoms with Crippen LogP contribution < -0.4 is 10.5 Å². The average Bonchev–Trinajstić information content (AvgIpc) is 2.38. The average molecular weight is 267 g/mol. The molecule has 104 valence electrons. The first-order chi connectivity index (χ1) is 8.99. The molecular formula is C13H17NO5. The van der Waals surface area contributed by atoms with E-state index in [0.29, 0.717) is 11.4 Å². The fraction of sp³-hybridized carbons (Fsp3) is 0.385. The van der Waals surface area contributed by atoms with Crippen molar-refractivity contribution in [2.45, 2.75) is 20.0 Å². The van der Waals surface area contributed by atoms with Crippen LogP contribution in [0.5, 0.6) is 5.75 Å². The van der Waals surface area contributed by atoms with Crippen molar-refractivity contribution >= 4 is 17.6 Å². The molecule has 0 aromatic heterocycles. The molecule has 0 aliphatic heterocycles. The summed E-state index contributed by atoms with van der Waals surface area (Å²) in [5.74, 6) is -0.960. The second kappa shape index (κ2) is 6.63. The van der Waals surface area contributed by atoms with Gasteiger partial charge in [-0.05, 0) is 32.0 Å². The van der Waals surface area contributed by atoms with E-state index in [-0.39, 0.29) is 12.2 Å². The van der Waals surface area contributed by atoms with Crippen molar-refractivity contribution in [3.05, 3.63) is 23.8 Å². The van der Waals surface area contributed by atoms with Crippen molar-refractivity contribution in [2.24, 2.45) is 0 Å². The maximum absolute atomic E-state index is 11.9. The first-order valence-electron chi connectivity index (χ1n) is 5.80. The number of hydrogen-bond acceptors (Lipinski definition) is 6. The summed E-state index contributed by atoms with van der Waals surface area (Å²) in [6.45, 7) is 3.34. The van der Waals surface area contributed by atoms with Crippen LogP contribution in [0.2, 0.25) is 0 Å². The zero-order valence-electron chi connectivity index (χ0n) is 11.1. The second-order valence-electron chi connectivity index (χ2n) is 3.76. The summed E-state index contributed by atoms with van der Waals surface area (Å²) >= 11 is 0. The molecule has 1 atom stereocenters. The van der Waals surface area contributed by atoms with Crippen LogP contribution in [0.1, 0.15) is 24.2 Å². The molecular weight excluding hydrogens is 250 g/mol. The highest BCUT2D eigenvalue weighted by Crippen LogP contribution is 2.22. The lowest BCUT2D eigenvalue weighted by Crippen LogP contribution is -2.26. The van der Waals surface area contributed by atoms with E-state index < -0.39 is 18.0 Å². The third-order valence-electron chi connectivity index (χ3n) is 2.35. The molecule has 0 bridgehead atoms. The van der Waals surface area contributed by atoms with Crippen LogP contribution in [-0.2, 0) is 14.3 Å². The molecule has 1 aromatic carbocycles. The molecule has 0 heterocycles. The number of nitrogen functional groups attached to an aromatic ring is 1. The predicted octanol–water partition coefficient (Wildman–Crippen LogP) is 1.39. The number of rotatable bonds is 5. The number of ether oxygens (including phenoxy) is 3. The van der Waals surface area contributed by atoms with Gasteiger partial charge < -0.3 is 19.9 Å². The lowest BCUT2D eigenvalue weighted by atomic mass is 10.2. The Bertz CT molecular complexity index is 472. The van der Waals surface area contributed by atoms with E-state index in [2.05, 4.69) is 0 Å². The van der Waals surface area contributed by atoms with Gasteiger partial charge in [0, 0.05) is 5.69 Å². The zero-order chi connectivity index (χ0) is 14.4. The smallest absolute Gasteiger partial charge is 0.347 e. The van der Waals surface area contributed by atoms with Gasteiger partial charge in [-0.1, -0.05) is 0 Å². The lowest BCUT2D eigenvalue weighted by molar-refractivity contribution is -0.152. The molecule has 19 heavy (non-hydrogen) atoms. The van der Waals surface area contributed by atoms with Gasteiger partial charge in [0.2, 0.25) is 0 Å². The first-order valence-corrected chi connectivity index (χ1v) is 5.80. The molecule has 0 saturated carbocycles. The highest BCUT2D eigenvalue weighted by atomic mass is 16.6. The van der Waals surface area contributed by atoms with E-state index in [1.165, 1.54) is 20.1 Å². The highest BCUT2D eigenvalue weighted by molar-refractivity contribution is 5.95. The van der Waals surface area contributed by atoms with Gasteiger partial charge in [0.1, 0.15) is 11.3 Å². The van der Waals surface area contributed by atoms with Gasteiger partial charge in [-0.2, -0.15) is 0 Å². The molecule has 1 unspecified atom stereocenters. The minimum Gasteiger partial charge on any atom is -0.496 e. The van der Waals surface area contributed by atoms with Crippen LogP contribution in [0.4, 0.5) is 5.69 Å². The predicted molar refractivity (Wildman–Crippen MR) is 68.9 cm³/mol. The van der Waals surface area contributed by atoms with Crippen molar-refractivity contribution in [1.29, 1.82) is 0 Å². The van der Waals surface area contributed by atoms with Gasteiger partial charge in [-0.25, -0.2) is 9.59 Å². The van der Waals surface area contributed by atoms with Crippen molar-refractivity contribution in [3.63, 3.8) is 0 Å². The minimum atomic E-state index is -0.987. The number of benzene rings is 1. The molecule has 0 aliphatic rings. The fourth-order valence-corrected chi connectivity index (χ4v) is 1.42. The number of anilines is 1. The Morgan fingerprint density at radius 2 is 2.05 bits per heavy atom. The summed E-state index contributed by atoms with van der Waals surface area (Å²) in [4.78, 5) is 23.3. The van der Waals surface area contributed by atoms with Crippen LogP contribution in [0.3, 0.4) is 0 Å². The lowest BCUT2D eigenvalue weighted by Gasteiger charge is -2.13. The van der Waals surface area contributed by atoms with E-state index in [4.69, 9.17) is 19.9 Å². The fourth-order valence-electron chi connectivity index (χ4n) is 1.42. The number of carbonyl (C=O) groups excluding carboxylic acids is 2. The SMILES string of the molecule is CCOC(=O)C(C)OC(=O)c1cc(N)ccc1OC. The Kier molecular flexibility index (Phi) is 5.17. The summed E-state index contributed by atoms with van der Waals surface area (Å²) in [6.07, 6.45) is -0.987. The van der Waals surface area contributed by atoms with Gasteiger partial charge in [0.25, 0.3) is 0 Å². The Morgan fingerprint density at radius 1 is 1.37 bits per heavy atom. The normalized spacial score (nSPS) is 11.5. The van der Waals surface area contributed by atoms with Crippen molar-refractivity contribution < 1.29 is 23.8 Å². The standard InChI is InChI=1S/C13H17NO5/c1-4-18-12(15)8(2)19-13(16)10-7-9(14)5-6-11(10)17-3/h5-8H,4,14H2,1-3H3. The number of carbonyl (C=O) groups is 2. The summed E-state index contributed by atoms with van der Waals surface area (Å²) in [5.41, 5.74) is 6.17. The van der Waals surface area contributed by atoms with E-state index >= 15 is 0 Å². The maximum Gasteiger partial charge on any atom is 0.347 e. The molecule has 0 radical (unpaired) electrons. The monoisotopic (exact) mass is 267 g/mol. The van der Waals surface area contributed by atoms with Crippen molar-refractivity contribution in [2.75, 3.05) is 19.5 Å². The van der Waals surface area contributed by atoms with Gasteiger partial charge >= 0.3 is 11.9 Å². The largest absolute Gasteiger partial charge is 0.496 e. The summed E-state index contributed by atoms with van der Waals surface area (Å²) < 4.78 is 14.8.